The van der Waals surface area contributed by atoms with Crippen LogP contribution in [0.15, 0.2) is 0 Å². The Morgan fingerprint density at radius 2 is 1.76 bits per heavy atom. The number of guanidine groups is 1. The minimum absolute atomic E-state index is 0.0533. The smallest absolute Gasteiger partial charge is 0.340 e. The first-order valence-corrected chi connectivity index (χ1v) is 22.4. The van der Waals surface area contributed by atoms with Gasteiger partial charge in [0.15, 0.2) is 6.29 Å². The van der Waals surface area contributed by atoms with Gasteiger partial charge in [0.05, 0.1) is 63.4 Å². The number of methoxy groups -OCH3 is 1. The molecule has 19 atom stereocenters. The summed E-state index contributed by atoms with van der Waals surface area (Å²) in [5.74, 6) is -3.37. The van der Waals surface area contributed by atoms with E-state index < -0.39 is 84.7 Å². The molecule has 59 heavy (non-hydrogen) atoms. The van der Waals surface area contributed by atoms with Gasteiger partial charge in [0.25, 0.3) is 0 Å². The van der Waals surface area contributed by atoms with Crippen LogP contribution < -0.4 is 38.1 Å². The number of carbonyl (C=O) groups excluding carboxylic acids is 2. The molecule has 18 N–H and O–H groups in total. The minimum atomic E-state index is -1.98. The third kappa shape index (κ3) is 10.2. The number of nitrogens with two attached hydrogens (primary N) is 5. The van der Waals surface area contributed by atoms with Gasteiger partial charge in [0, 0.05) is 56.7 Å². The summed E-state index contributed by atoms with van der Waals surface area (Å²) in [7, 11) is 3.22. The molecule has 6 aliphatic rings. The van der Waals surface area contributed by atoms with Crippen LogP contribution in [0.5, 0.6) is 0 Å². The second-order valence-electron chi connectivity index (χ2n) is 18.8. The lowest BCUT2D eigenvalue weighted by Gasteiger charge is -2.53. The summed E-state index contributed by atoms with van der Waals surface area (Å²) < 4.78 is 18.2. The Bertz CT molecular complexity index is 1420. The number of quaternary nitrogens is 2. The van der Waals surface area contributed by atoms with Crippen LogP contribution in [-0.4, -0.2) is 156 Å². The first-order valence-electron chi connectivity index (χ1n) is 22.4. The van der Waals surface area contributed by atoms with Crippen LogP contribution in [0.4, 0.5) is 0 Å². The molecular formula is C41H76N7O11+3. The maximum absolute atomic E-state index is 14.9. The molecule has 0 aromatic carbocycles. The molecule has 13 unspecified atom stereocenters. The largest absolute Gasteiger partial charge is 0.396 e. The molecule has 0 radical (unpaired) electrons. The maximum atomic E-state index is 14.9. The summed E-state index contributed by atoms with van der Waals surface area (Å²) >= 11 is 0. The number of rotatable bonds is 15. The van der Waals surface area contributed by atoms with Gasteiger partial charge in [-0.1, -0.05) is 0 Å². The third-order valence-electron chi connectivity index (χ3n) is 15.4. The fourth-order valence-corrected chi connectivity index (χ4v) is 12.0. The van der Waals surface area contributed by atoms with Crippen molar-refractivity contribution in [1.82, 2.24) is 5.32 Å². The van der Waals surface area contributed by atoms with E-state index in [1.165, 1.54) is 7.11 Å². The van der Waals surface area contributed by atoms with E-state index in [4.69, 9.17) is 31.4 Å². The van der Waals surface area contributed by atoms with Gasteiger partial charge in [-0.15, -0.1) is 0 Å². The SMILES string of the molecule is C[NH+]=C(N)NCC1C(C[C@H](CCCO)C2CCC(N)[NH2+]C2)CC2C(=O)C3CC(OC)CC(O[C@H]4O[C@H](CO)[C@](O)(CCC5CC[NH2+]C(N)C5)[C@H](O)[C@H]4O)C3C(=O)C2C1O. The van der Waals surface area contributed by atoms with Crippen LogP contribution in [0.3, 0.4) is 0 Å². The number of hydrogen-bond donors (Lipinski definition) is 13. The highest BCUT2D eigenvalue weighted by Gasteiger charge is 2.62. The van der Waals surface area contributed by atoms with Crippen LogP contribution >= 0.6 is 0 Å². The first kappa shape index (κ1) is 46.6. The summed E-state index contributed by atoms with van der Waals surface area (Å²) in [5, 5.41) is 74.6. The Hall–Kier alpha value is -1.91. The Morgan fingerprint density at radius 1 is 1.00 bits per heavy atom. The number of ether oxygens (including phenoxy) is 3. The zero-order chi connectivity index (χ0) is 42.6. The second kappa shape index (κ2) is 20.5. The summed E-state index contributed by atoms with van der Waals surface area (Å²) in [6.45, 7) is 1.39. The summed E-state index contributed by atoms with van der Waals surface area (Å²) in [4.78, 5) is 32.6. The van der Waals surface area contributed by atoms with Crippen molar-refractivity contribution < 1.29 is 70.1 Å². The number of piperidine rings is 2. The van der Waals surface area contributed by atoms with Gasteiger partial charge < -0.3 is 55.5 Å². The summed E-state index contributed by atoms with van der Waals surface area (Å²) in [5.41, 5.74) is 16.5. The standard InChI is InChI=1S/C41H73N7O11/c1-45-40(44)48-18-27-23(13-21(4-3-11-49)22-5-6-30(42)47-17-22)14-25-33(35(27)52)36(53)32-26(34(25)51)15-24(57-2)16-28(32)58-39-37(54)38(55)41(56,29(19-50)59-39)9-7-20-8-10-46-31(43)12-20/h20-33,35,37-39,46-47,49-50,52,54-56H,3-19,42-43H2,1-2H3,(H3,44,45,48)/p+3/t20?,21-,22?,23?,24?,25?,26?,27?,28?,29+,30?,31?,32?,33?,35?,37+,38+,39-,41+/m0/s1. The molecule has 18 heteroatoms. The Labute approximate surface area is 347 Å². The van der Waals surface area contributed by atoms with E-state index in [2.05, 4.69) is 20.9 Å². The second-order valence-corrected chi connectivity index (χ2v) is 18.8. The lowest BCUT2D eigenvalue weighted by atomic mass is 9.52. The molecule has 0 bridgehead atoms. The highest BCUT2D eigenvalue weighted by molar-refractivity contribution is 6.00. The van der Waals surface area contributed by atoms with E-state index in [0.717, 1.165) is 45.2 Å². The first-order chi connectivity index (χ1) is 28.2. The minimum Gasteiger partial charge on any atom is -0.396 e. The molecule has 3 saturated carbocycles. The average molecular weight is 843 g/mol. The van der Waals surface area contributed by atoms with Gasteiger partial charge in [-0.25, -0.2) is 0 Å². The van der Waals surface area contributed by atoms with Gasteiger partial charge in [-0.3, -0.25) is 37.1 Å². The quantitative estimate of drug-likeness (QED) is 0.0539. The lowest BCUT2D eigenvalue weighted by Crippen LogP contribution is -2.95. The van der Waals surface area contributed by atoms with Gasteiger partial charge >= 0.3 is 5.96 Å². The molecule has 18 nitrogen and oxygen atoms in total. The predicted octanol–water partition coefficient (Wildman–Crippen LogP) is -6.35. The fraction of sp³-hybridized carbons (Fsp3) is 0.927. The highest BCUT2D eigenvalue weighted by atomic mass is 16.7. The number of ketones is 2. The van der Waals surface area contributed by atoms with Gasteiger partial charge in [-0.05, 0) is 75.5 Å². The normalized spacial score (nSPS) is 45.1. The van der Waals surface area contributed by atoms with Crippen molar-refractivity contribution in [2.24, 2.45) is 70.5 Å². The van der Waals surface area contributed by atoms with Crippen molar-refractivity contribution in [2.75, 3.05) is 47.0 Å². The zero-order valence-corrected chi connectivity index (χ0v) is 35.0. The highest BCUT2D eigenvalue weighted by Crippen LogP contribution is 2.52. The molecule has 3 saturated heterocycles. The van der Waals surface area contributed by atoms with Crippen LogP contribution in [0, 0.1) is 53.3 Å². The zero-order valence-electron chi connectivity index (χ0n) is 35.0. The number of aliphatic hydroxyl groups excluding tert-OH is 5. The van der Waals surface area contributed by atoms with Crippen LogP contribution in [0.25, 0.3) is 0 Å². The van der Waals surface area contributed by atoms with E-state index >= 15 is 0 Å². The molecule has 0 amide bonds. The average Bonchev–Trinajstić information content (AvgIpc) is 3.23. The molecule has 6 fully saturated rings. The molecule has 3 aliphatic carbocycles. The molecule has 0 aromatic heterocycles. The van der Waals surface area contributed by atoms with Crippen LogP contribution in [-0.2, 0) is 23.8 Å². The Kier molecular flexibility index (Phi) is 16.2. The van der Waals surface area contributed by atoms with Crippen molar-refractivity contribution in [3.05, 3.63) is 0 Å². The van der Waals surface area contributed by atoms with Crippen LogP contribution in [0.2, 0.25) is 0 Å². The van der Waals surface area contributed by atoms with Gasteiger partial charge in [0.1, 0.15) is 47.8 Å². The van der Waals surface area contributed by atoms with Crippen molar-refractivity contribution >= 4 is 17.5 Å². The molecule has 3 heterocycles. The number of fused-ring (bicyclic) bond motifs is 2. The molecule has 6 rings (SSSR count). The van der Waals surface area contributed by atoms with E-state index in [1.807, 2.05) is 0 Å². The van der Waals surface area contributed by atoms with Crippen molar-refractivity contribution in [2.45, 2.75) is 138 Å². The summed E-state index contributed by atoms with van der Waals surface area (Å²) in [6, 6.07) is 0. The number of carbonyl (C=O) groups is 2. The van der Waals surface area contributed by atoms with Crippen molar-refractivity contribution in [3.8, 4) is 0 Å². The van der Waals surface area contributed by atoms with Crippen LogP contribution in [0.1, 0.15) is 77.0 Å². The monoisotopic (exact) mass is 843 g/mol. The Morgan fingerprint density at radius 3 is 2.42 bits per heavy atom. The number of aliphatic hydroxyl groups is 6. The lowest BCUT2D eigenvalue weighted by molar-refractivity contribution is -0.704. The van der Waals surface area contributed by atoms with Crippen molar-refractivity contribution in [1.29, 1.82) is 0 Å². The molecular weight excluding hydrogens is 766 g/mol. The van der Waals surface area contributed by atoms with E-state index in [1.54, 1.807) is 7.05 Å². The van der Waals surface area contributed by atoms with Crippen molar-refractivity contribution in [3.63, 3.8) is 0 Å². The molecule has 0 aromatic rings. The van der Waals surface area contributed by atoms with E-state index in [9.17, 15) is 40.2 Å². The molecule has 338 valence electrons. The molecule has 0 spiro atoms. The van der Waals surface area contributed by atoms with Gasteiger partial charge in [0.2, 0.25) is 0 Å². The van der Waals surface area contributed by atoms with E-state index in [0.29, 0.717) is 37.6 Å². The van der Waals surface area contributed by atoms with E-state index in [-0.39, 0.29) is 74.1 Å². The third-order valence-corrected chi connectivity index (χ3v) is 15.4. The summed E-state index contributed by atoms with van der Waals surface area (Å²) in [6.07, 6.45) is -1.93. The predicted molar refractivity (Wildman–Crippen MR) is 212 cm³/mol. The number of nitrogens with one attached hydrogen (secondary N) is 2. The number of Topliss-reactive ketones (excluding diaryl/α,β-unsaturated/α-hetero) is 2. The topological polar surface area (TPSA) is 320 Å². The maximum Gasteiger partial charge on any atom is 0.340 e. The van der Waals surface area contributed by atoms with Gasteiger partial charge in [-0.2, -0.15) is 0 Å². The molecule has 3 aliphatic heterocycles. The number of hydrogen-bond acceptors (Lipinski definition) is 13. The fourth-order valence-electron chi connectivity index (χ4n) is 12.0. The Balaban J connectivity index is 1.22.